The van der Waals surface area contributed by atoms with E-state index in [0.29, 0.717) is 12.1 Å². The van der Waals surface area contributed by atoms with Crippen molar-refractivity contribution >= 4 is 29.1 Å². The van der Waals surface area contributed by atoms with E-state index in [1.807, 2.05) is 0 Å². The summed E-state index contributed by atoms with van der Waals surface area (Å²) in [4.78, 5) is 35.4. The summed E-state index contributed by atoms with van der Waals surface area (Å²) in [7, 11) is 3.92. The Morgan fingerprint density at radius 3 is 2.53 bits per heavy atom. The van der Waals surface area contributed by atoms with Crippen LogP contribution in [0.25, 0.3) is 16.9 Å². The minimum Gasteiger partial charge on any atom is -0.496 e. The van der Waals surface area contributed by atoms with Gasteiger partial charge in [-0.1, -0.05) is 11.6 Å². The zero-order chi connectivity index (χ0) is 27.6. The van der Waals surface area contributed by atoms with Crippen molar-refractivity contribution in [2.75, 3.05) is 21.3 Å². The lowest BCUT2D eigenvalue weighted by atomic mass is 10.2. The number of methoxy groups -OCH3 is 3. The Kier molecular flexibility index (Phi) is 7.78. The number of ether oxygens (including phenoxy) is 5. The number of halogens is 3. The van der Waals surface area contributed by atoms with Crippen molar-refractivity contribution in [3.05, 3.63) is 62.8 Å². The molecule has 0 bridgehead atoms. The van der Waals surface area contributed by atoms with Crippen molar-refractivity contribution in [3.63, 3.8) is 0 Å². The van der Waals surface area contributed by atoms with Crippen molar-refractivity contribution in [1.82, 2.24) is 19.5 Å². The molecule has 1 atom stereocenters. The van der Waals surface area contributed by atoms with Gasteiger partial charge in [-0.3, -0.25) is 9.78 Å². The highest BCUT2D eigenvalue weighted by molar-refractivity contribution is 6.32. The summed E-state index contributed by atoms with van der Waals surface area (Å²) in [5, 5.41) is 0.000788. The van der Waals surface area contributed by atoms with E-state index in [0.717, 1.165) is 10.6 Å². The van der Waals surface area contributed by atoms with E-state index in [-0.39, 0.29) is 50.6 Å². The lowest BCUT2D eigenvalue weighted by Gasteiger charge is -2.19. The first-order valence-electron chi connectivity index (χ1n) is 10.9. The molecule has 0 spiro atoms. The number of aryl methyl sites for hydroxylation is 1. The van der Waals surface area contributed by atoms with Gasteiger partial charge in [0.2, 0.25) is 5.88 Å². The molecule has 14 heteroatoms. The number of hydrogen-bond acceptors (Lipinski definition) is 9. The first-order chi connectivity index (χ1) is 18.2. The molecule has 0 saturated carbocycles. The van der Waals surface area contributed by atoms with Crippen LogP contribution in [0.4, 0.5) is 8.78 Å². The highest BCUT2D eigenvalue weighted by atomic mass is 35.5. The molecule has 2 heterocycles. The predicted octanol–water partition coefficient (Wildman–Crippen LogP) is 3.50. The molecule has 38 heavy (non-hydrogen) atoms. The Bertz CT molecular complexity index is 1570. The minimum atomic E-state index is -1.34. The van der Waals surface area contributed by atoms with Gasteiger partial charge < -0.3 is 23.7 Å². The van der Waals surface area contributed by atoms with E-state index in [1.54, 1.807) is 6.92 Å². The molecule has 11 nitrogen and oxygen atoms in total. The van der Waals surface area contributed by atoms with Crippen molar-refractivity contribution in [3.8, 4) is 28.8 Å². The van der Waals surface area contributed by atoms with E-state index in [2.05, 4.69) is 15.0 Å². The van der Waals surface area contributed by atoms with Crippen LogP contribution in [0.15, 0.2) is 29.1 Å². The third-order valence-corrected chi connectivity index (χ3v) is 5.70. The number of fused-ring (bicyclic) bond motifs is 1. The molecule has 4 aromatic rings. The molecule has 0 fully saturated rings. The molecule has 2 aromatic carbocycles. The van der Waals surface area contributed by atoms with Gasteiger partial charge in [0.05, 0.1) is 30.5 Å². The van der Waals surface area contributed by atoms with Gasteiger partial charge in [0.25, 0.3) is 6.29 Å². The van der Waals surface area contributed by atoms with Gasteiger partial charge in [0, 0.05) is 19.2 Å². The second-order valence-electron chi connectivity index (χ2n) is 7.68. The number of nitrogens with zero attached hydrogens (tertiary/aromatic N) is 3. The van der Waals surface area contributed by atoms with Crippen LogP contribution in [0, 0.1) is 18.6 Å². The number of carbonyl (C=O) groups is 1. The van der Waals surface area contributed by atoms with Crippen molar-refractivity contribution < 1.29 is 37.3 Å². The number of carbonyl (C=O) groups excluding carboxylic acids is 1. The molecule has 200 valence electrons. The molecular formula is C24H21ClF2N4O7. The summed E-state index contributed by atoms with van der Waals surface area (Å²) in [5.41, 5.74) is -0.376. The van der Waals surface area contributed by atoms with Gasteiger partial charge in [0.15, 0.2) is 35.1 Å². The molecule has 1 N–H and O–H groups in total. The number of aldehydes is 1. The van der Waals surface area contributed by atoms with Crippen LogP contribution in [-0.4, -0.2) is 53.4 Å². The number of aromatic nitrogens is 4. The van der Waals surface area contributed by atoms with Crippen molar-refractivity contribution in [2.24, 2.45) is 0 Å². The van der Waals surface area contributed by atoms with E-state index in [4.69, 9.17) is 35.3 Å². The fraction of sp³-hybridized carbons (Fsp3) is 0.250. The van der Waals surface area contributed by atoms with Gasteiger partial charge in [-0.25, -0.2) is 23.1 Å². The van der Waals surface area contributed by atoms with E-state index in [9.17, 15) is 18.4 Å². The van der Waals surface area contributed by atoms with Crippen LogP contribution in [0.1, 0.15) is 11.4 Å². The molecule has 1 unspecified atom stereocenters. The van der Waals surface area contributed by atoms with Gasteiger partial charge in [0.1, 0.15) is 23.7 Å². The van der Waals surface area contributed by atoms with E-state index < -0.39 is 30.2 Å². The number of aromatic amines is 1. The number of rotatable bonds is 10. The first kappa shape index (κ1) is 26.8. The molecule has 0 radical (unpaired) electrons. The highest BCUT2D eigenvalue weighted by Crippen LogP contribution is 2.38. The number of hydrogen-bond donors (Lipinski definition) is 1. The maximum absolute atomic E-state index is 14.5. The third-order valence-electron chi connectivity index (χ3n) is 5.39. The number of imidazole rings is 1. The number of benzene rings is 2. The average Bonchev–Trinajstić information content (AvgIpc) is 3.23. The molecule has 0 saturated heterocycles. The van der Waals surface area contributed by atoms with Crippen LogP contribution in [-0.2, 0) is 16.1 Å². The van der Waals surface area contributed by atoms with Gasteiger partial charge in [-0.2, -0.15) is 4.98 Å². The molecule has 4 rings (SSSR count). The quantitative estimate of drug-likeness (QED) is 0.233. The largest absolute Gasteiger partial charge is 0.496 e. The maximum Gasteiger partial charge on any atom is 0.332 e. The van der Waals surface area contributed by atoms with Crippen LogP contribution >= 0.6 is 11.6 Å². The van der Waals surface area contributed by atoms with Crippen molar-refractivity contribution in [1.29, 1.82) is 0 Å². The normalized spacial score (nSPS) is 11.9. The Labute approximate surface area is 218 Å². The SMILES string of the molecule is COc1ccc(F)c(F)c1COc1cc(-n2c(=O)[nH]c3c(OC)nc(C)nc32)c(Cl)cc1OC(C=O)OC. The zero-order valence-corrected chi connectivity index (χ0v) is 21.3. The Morgan fingerprint density at radius 2 is 1.87 bits per heavy atom. The Morgan fingerprint density at radius 1 is 1.11 bits per heavy atom. The fourth-order valence-corrected chi connectivity index (χ4v) is 3.88. The fourth-order valence-electron chi connectivity index (χ4n) is 3.64. The topological polar surface area (TPSA) is 127 Å². The maximum atomic E-state index is 14.5. The molecule has 0 aliphatic heterocycles. The van der Waals surface area contributed by atoms with Crippen LogP contribution < -0.4 is 24.6 Å². The predicted molar refractivity (Wildman–Crippen MR) is 131 cm³/mol. The second-order valence-corrected chi connectivity index (χ2v) is 8.09. The molecule has 0 aliphatic rings. The summed E-state index contributed by atoms with van der Waals surface area (Å²) in [6.07, 6.45) is -0.952. The molecular weight excluding hydrogens is 530 g/mol. The zero-order valence-electron chi connectivity index (χ0n) is 20.5. The van der Waals surface area contributed by atoms with Gasteiger partial charge >= 0.3 is 5.69 Å². The molecule has 0 amide bonds. The van der Waals surface area contributed by atoms with Gasteiger partial charge in [-0.05, 0) is 19.1 Å². The summed E-state index contributed by atoms with van der Waals surface area (Å²) in [5.74, 6) is -1.95. The Hall–Kier alpha value is -4.23. The van der Waals surface area contributed by atoms with Gasteiger partial charge in [-0.15, -0.1) is 0 Å². The summed E-state index contributed by atoms with van der Waals surface area (Å²) in [6.45, 7) is 1.10. The van der Waals surface area contributed by atoms with Crippen LogP contribution in [0.2, 0.25) is 5.02 Å². The highest BCUT2D eigenvalue weighted by Gasteiger charge is 2.23. The average molecular weight is 551 g/mol. The van der Waals surface area contributed by atoms with Crippen LogP contribution in [0.5, 0.6) is 23.1 Å². The molecule has 2 aromatic heterocycles. The molecule has 0 aliphatic carbocycles. The lowest BCUT2D eigenvalue weighted by molar-refractivity contribution is -0.132. The number of nitrogens with one attached hydrogen (secondary N) is 1. The first-order valence-corrected chi connectivity index (χ1v) is 11.3. The Balaban J connectivity index is 1.87. The minimum absolute atomic E-state index is 0.000788. The summed E-state index contributed by atoms with van der Waals surface area (Å²) < 4.78 is 56.2. The van der Waals surface area contributed by atoms with Crippen molar-refractivity contribution in [2.45, 2.75) is 19.8 Å². The standard InChI is InChI=1S/C24H21ClF2N4O7/c1-11-28-22-21(23(29-11)36-4)30-24(33)31(22)15-8-17(18(7-13(15)25)38-19(9-32)35-3)37-10-12-16(34-2)6-5-14(26)20(12)27/h5-9,19H,10H2,1-4H3,(H,30,33). The number of H-pyrrole nitrogens is 1. The third kappa shape index (κ3) is 4.97. The monoisotopic (exact) mass is 550 g/mol. The summed E-state index contributed by atoms with van der Waals surface area (Å²) in [6, 6.07) is 4.76. The van der Waals surface area contributed by atoms with E-state index >= 15 is 0 Å². The second kappa shape index (κ2) is 11.0. The smallest absolute Gasteiger partial charge is 0.332 e. The summed E-state index contributed by atoms with van der Waals surface area (Å²) >= 11 is 6.52. The van der Waals surface area contributed by atoms with E-state index in [1.165, 1.54) is 39.5 Å². The van der Waals surface area contributed by atoms with Crippen LogP contribution in [0.3, 0.4) is 0 Å². The lowest BCUT2D eigenvalue weighted by Crippen LogP contribution is -2.21.